The molecule has 0 atom stereocenters. The van der Waals surface area contributed by atoms with Gasteiger partial charge in [0, 0.05) is 13.2 Å². The molecule has 0 spiro atoms. The van der Waals surface area contributed by atoms with E-state index in [0.717, 1.165) is 43.3 Å². The Kier molecular flexibility index (Phi) is 8.14. The van der Waals surface area contributed by atoms with Crippen molar-refractivity contribution in [3.63, 3.8) is 0 Å². The lowest BCUT2D eigenvalue weighted by Gasteiger charge is -2.31. The summed E-state index contributed by atoms with van der Waals surface area (Å²) in [4.78, 5) is 0. The monoisotopic (exact) mass is 294 g/mol. The first-order valence-corrected chi connectivity index (χ1v) is 9.89. The van der Waals surface area contributed by atoms with Crippen LogP contribution < -0.4 is 0 Å². The molecule has 2 aliphatic rings. The van der Waals surface area contributed by atoms with E-state index in [1.807, 2.05) is 0 Å². The van der Waals surface area contributed by atoms with E-state index in [-0.39, 0.29) is 0 Å². The molecule has 21 heavy (non-hydrogen) atoms. The largest absolute Gasteiger partial charge is 0.381 e. The summed E-state index contributed by atoms with van der Waals surface area (Å²) in [5.41, 5.74) is 0. The summed E-state index contributed by atoms with van der Waals surface area (Å²) < 4.78 is 5.73. The van der Waals surface area contributed by atoms with E-state index >= 15 is 0 Å². The molecule has 124 valence electrons. The molecule has 0 bridgehead atoms. The van der Waals surface area contributed by atoms with E-state index in [9.17, 15) is 0 Å². The molecule has 0 unspecified atom stereocenters. The molecule has 2 rings (SSSR count). The summed E-state index contributed by atoms with van der Waals surface area (Å²) in [6.45, 7) is 6.56. The van der Waals surface area contributed by atoms with Gasteiger partial charge in [0.25, 0.3) is 0 Å². The van der Waals surface area contributed by atoms with Crippen LogP contribution in [0.25, 0.3) is 0 Å². The Labute approximate surface area is 133 Å². The molecule has 0 aliphatic heterocycles. The van der Waals surface area contributed by atoms with Crippen LogP contribution in [0.5, 0.6) is 0 Å². The van der Waals surface area contributed by atoms with E-state index in [1.165, 1.54) is 70.6 Å². The predicted molar refractivity (Wildman–Crippen MR) is 91.5 cm³/mol. The van der Waals surface area contributed by atoms with Crippen LogP contribution in [0, 0.1) is 23.7 Å². The van der Waals surface area contributed by atoms with E-state index in [1.54, 1.807) is 0 Å². The third kappa shape index (κ3) is 6.30. The molecule has 0 saturated heterocycles. The first kappa shape index (κ1) is 17.3. The summed E-state index contributed by atoms with van der Waals surface area (Å²) in [5, 5.41) is 0. The van der Waals surface area contributed by atoms with E-state index < -0.39 is 0 Å². The molecule has 1 heteroatoms. The van der Waals surface area contributed by atoms with Crippen molar-refractivity contribution in [3.8, 4) is 0 Å². The average Bonchev–Trinajstić information content (AvgIpc) is 2.55. The third-order valence-electron chi connectivity index (χ3n) is 6.20. The molecule has 2 saturated carbocycles. The van der Waals surface area contributed by atoms with Gasteiger partial charge in [-0.1, -0.05) is 71.6 Å². The Bertz CT molecular complexity index is 247. The highest BCUT2D eigenvalue weighted by Gasteiger charge is 2.24. The summed E-state index contributed by atoms with van der Waals surface area (Å²) >= 11 is 0. The molecule has 0 aromatic heterocycles. The van der Waals surface area contributed by atoms with Gasteiger partial charge in [0.05, 0.1) is 0 Å². The molecule has 0 amide bonds. The van der Waals surface area contributed by atoms with Gasteiger partial charge in [-0.05, 0) is 42.9 Å². The highest BCUT2D eigenvalue weighted by atomic mass is 16.5. The van der Waals surface area contributed by atoms with Crippen molar-refractivity contribution in [3.05, 3.63) is 0 Å². The fourth-order valence-corrected chi connectivity index (χ4v) is 4.48. The van der Waals surface area contributed by atoms with Gasteiger partial charge in [0.2, 0.25) is 0 Å². The fraction of sp³-hybridized carbons (Fsp3) is 1.00. The van der Waals surface area contributed by atoms with Crippen molar-refractivity contribution >= 4 is 0 Å². The molecule has 1 nitrogen and oxygen atoms in total. The summed E-state index contributed by atoms with van der Waals surface area (Å²) in [6, 6.07) is 0. The highest BCUT2D eigenvalue weighted by Crippen LogP contribution is 2.37. The van der Waals surface area contributed by atoms with Gasteiger partial charge in [-0.3, -0.25) is 0 Å². The first-order valence-electron chi connectivity index (χ1n) is 9.89. The Morgan fingerprint density at radius 3 is 1.62 bits per heavy atom. The van der Waals surface area contributed by atoms with Crippen LogP contribution >= 0.6 is 0 Å². The Morgan fingerprint density at radius 1 is 0.667 bits per heavy atom. The van der Waals surface area contributed by atoms with Crippen LogP contribution in [-0.2, 0) is 4.74 Å². The normalized spacial score (nSPS) is 34.0. The van der Waals surface area contributed by atoms with Gasteiger partial charge in [0.1, 0.15) is 0 Å². The first-order chi connectivity index (χ1) is 10.3. The summed E-state index contributed by atoms with van der Waals surface area (Å²) in [5.74, 6) is 4.03. The Balaban J connectivity index is 1.53. The van der Waals surface area contributed by atoms with Gasteiger partial charge in [-0.25, -0.2) is 0 Å². The predicted octanol–water partition coefficient (Wildman–Crippen LogP) is 6.22. The molecular formula is C20H38O. The Hall–Kier alpha value is -0.0400. The fourth-order valence-electron chi connectivity index (χ4n) is 4.48. The zero-order valence-electron chi connectivity index (χ0n) is 14.6. The minimum atomic E-state index is 0.868. The second-order valence-corrected chi connectivity index (χ2v) is 7.83. The molecular weight excluding hydrogens is 256 g/mol. The van der Waals surface area contributed by atoms with Crippen molar-refractivity contribution in [1.82, 2.24) is 0 Å². The topological polar surface area (TPSA) is 9.23 Å². The lowest BCUT2D eigenvalue weighted by Crippen LogP contribution is -2.20. The average molecular weight is 295 g/mol. The maximum atomic E-state index is 5.73. The summed E-state index contributed by atoms with van der Waals surface area (Å²) in [6.07, 6.45) is 17.5. The van der Waals surface area contributed by atoms with E-state index in [4.69, 9.17) is 4.74 Å². The van der Waals surface area contributed by atoms with E-state index in [2.05, 4.69) is 13.8 Å². The maximum absolute atomic E-state index is 5.73. The lowest BCUT2D eigenvalue weighted by molar-refractivity contribution is 0.0763. The lowest BCUT2D eigenvalue weighted by atomic mass is 9.75. The van der Waals surface area contributed by atoms with Gasteiger partial charge < -0.3 is 4.74 Å². The van der Waals surface area contributed by atoms with Crippen LogP contribution in [0.3, 0.4) is 0 Å². The summed E-state index contributed by atoms with van der Waals surface area (Å²) in [7, 11) is 0. The van der Waals surface area contributed by atoms with Crippen molar-refractivity contribution in [2.45, 2.75) is 90.9 Å². The minimum Gasteiger partial charge on any atom is -0.381 e. The molecule has 0 aromatic rings. The second-order valence-electron chi connectivity index (χ2n) is 7.83. The van der Waals surface area contributed by atoms with Gasteiger partial charge in [-0.2, -0.15) is 0 Å². The number of ether oxygens (including phenoxy) is 1. The number of hydrogen-bond donors (Lipinski definition) is 0. The standard InChI is InChI=1S/C20H38O/c1-3-15-21-16-20-13-11-19(12-14-20)10-9-18-7-5-17(4-2)6-8-18/h17-20H,3-16H2,1-2H3/t17-,18-,19-,20-. The van der Waals surface area contributed by atoms with Gasteiger partial charge in [0.15, 0.2) is 0 Å². The van der Waals surface area contributed by atoms with Crippen molar-refractivity contribution in [2.24, 2.45) is 23.7 Å². The van der Waals surface area contributed by atoms with Crippen LogP contribution in [0.2, 0.25) is 0 Å². The quantitative estimate of drug-likeness (QED) is 0.483. The molecule has 2 fully saturated rings. The second kappa shape index (κ2) is 9.87. The van der Waals surface area contributed by atoms with Crippen molar-refractivity contribution in [2.75, 3.05) is 13.2 Å². The van der Waals surface area contributed by atoms with Crippen LogP contribution in [0.15, 0.2) is 0 Å². The molecule has 0 radical (unpaired) electrons. The molecule has 2 aliphatic carbocycles. The zero-order chi connectivity index (χ0) is 14.9. The number of hydrogen-bond acceptors (Lipinski definition) is 1. The smallest absolute Gasteiger partial charge is 0.0494 e. The van der Waals surface area contributed by atoms with Crippen molar-refractivity contribution < 1.29 is 4.74 Å². The van der Waals surface area contributed by atoms with Crippen LogP contribution in [-0.4, -0.2) is 13.2 Å². The maximum Gasteiger partial charge on any atom is 0.0494 e. The molecule has 0 heterocycles. The van der Waals surface area contributed by atoms with Gasteiger partial charge >= 0.3 is 0 Å². The molecule has 0 N–H and O–H groups in total. The molecule has 0 aromatic carbocycles. The zero-order valence-corrected chi connectivity index (χ0v) is 14.6. The van der Waals surface area contributed by atoms with E-state index in [0.29, 0.717) is 0 Å². The van der Waals surface area contributed by atoms with Gasteiger partial charge in [-0.15, -0.1) is 0 Å². The third-order valence-corrected chi connectivity index (χ3v) is 6.20. The van der Waals surface area contributed by atoms with Crippen molar-refractivity contribution in [1.29, 1.82) is 0 Å². The number of rotatable bonds is 8. The minimum absolute atomic E-state index is 0.868. The Morgan fingerprint density at radius 2 is 1.14 bits per heavy atom. The highest BCUT2D eigenvalue weighted by molar-refractivity contribution is 4.76. The van der Waals surface area contributed by atoms with Crippen LogP contribution in [0.4, 0.5) is 0 Å². The SMILES string of the molecule is CCCOC[C@H]1CC[C@H](CC[C@H]2CC[C@H](CC)CC2)CC1. The van der Waals surface area contributed by atoms with Crippen LogP contribution in [0.1, 0.15) is 90.9 Å².